The van der Waals surface area contributed by atoms with Gasteiger partial charge in [0.1, 0.15) is 6.61 Å². The number of rotatable bonds is 4. The van der Waals surface area contributed by atoms with Crippen molar-refractivity contribution in [1.82, 2.24) is 19.6 Å². The topological polar surface area (TPSA) is 105 Å². The van der Waals surface area contributed by atoms with Crippen molar-refractivity contribution in [2.24, 2.45) is 5.92 Å². The molecule has 3 aliphatic heterocycles. The fourth-order valence-corrected chi connectivity index (χ4v) is 5.80. The molecule has 2 unspecified atom stereocenters. The summed E-state index contributed by atoms with van der Waals surface area (Å²) in [4.78, 5) is 41.1. The molecule has 38 heavy (non-hydrogen) atoms. The molecule has 0 radical (unpaired) electrons. The molecule has 1 N–H and O–H groups in total. The number of hydrogen-bond acceptors (Lipinski definition) is 5. The number of piperidine rings is 2. The highest BCUT2D eigenvalue weighted by molar-refractivity contribution is 5.93. The van der Waals surface area contributed by atoms with E-state index in [2.05, 4.69) is 5.10 Å². The first kappa shape index (κ1) is 26.1. The summed E-state index contributed by atoms with van der Waals surface area (Å²) < 4.78 is 45.3. The highest BCUT2D eigenvalue weighted by Crippen LogP contribution is 2.38. The predicted octanol–water partition coefficient (Wildman–Crippen LogP) is 4.30. The number of aliphatic carboxylic acids is 1. The molecule has 2 fully saturated rings. The predicted molar refractivity (Wildman–Crippen MR) is 127 cm³/mol. The molecule has 5 rings (SSSR count). The maximum absolute atomic E-state index is 13.5. The van der Waals surface area contributed by atoms with Crippen LogP contribution in [0.2, 0.25) is 0 Å². The monoisotopic (exact) mass is 534 g/mol. The van der Waals surface area contributed by atoms with Crippen molar-refractivity contribution in [3.05, 3.63) is 52.8 Å². The van der Waals surface area contributed by atoms with Crippen LogP contribution < -0.4 is 0 Å². The number of nitrogens with zero attached hydrogens (tertiary/aromatic N) is 4. The van der Waals surface area contributed by atoms with Gasteiger partial charge in [-0.05, 0) is 62.3 Å². The van der Waals surface area contributed by atoms with Crippen molar-refractivity contribution in [1.29, 1.82) is 0 Å². The van der Waals surface area contributed by atoms with E-state index in [-0.39, 0.29) is 36.8 Å². The minimum atomic E-state index is -4.43. The maximum atomic E-state index is 13.5. The van der Waals surface area contributed by atoms with Crippen molar-refractivity contribution in [3.63, 3.8) is 0 Å². The van der Waals surface area contributed by atoms with Gasteiger partial charge in [0.05, 0.1) is 23.7 Å². The molecule has 1 aromatic carbocycles. The summed E-state index contributed by atoms with van der Waals surface area (Å²) in [6.07, 6.45) is -1.03. The largest absolute Gasteiger partial charge is 0.481 e. The number of aryl methyl sites for hydroxylation is 1. The van der Waals surface area contributed by atoms with E-state index in [0.717, 1.165) is 31.4 Å². The molecule has 2 bridgehead atoms. The van der Waals surface area contributed by atoms with Gasteiger partial charge in [-0.15, -0.1) is 0 Å². The number of carboxylic acid groups (broad SMARTS) is 1. The number of carbonyl (C=O) groups excluding carboxylic acids is 2. The van der Waals surface area contributed by atoms with Crippen LogP contribution in [-0.2, 0) is 35.4 Å². The van der Waals surface area contributed by atoms with Crippen molar-refractivity contribution >= 4 is 18.0 Å². The number of alkyl halides is 3. The Kier molecular flexibility index (Phi) is 7.06. The standard InChI is InChI=1S/C26H29F3N4O5/c27-26(28,29)18-7-5-16(6-8-18)15-38-25(37)31-9-2-10-32-21(14-31)13-22(30-32)23(34)33-19-3-1-4-20(33)12-17(11-19)24(35)36/h5-8,13,17,19-20H,1-4,9-12,14-15H2,(H,35,36). The first-order valence-corrected chi connectivity index (χ1v) is 12.8. The van der Waals surface area contributed by atoms with E-state index in [1.54, 1.807) is 10.7 Å². The van der Waals surface area contributed by atoms with Gasteiger partial charge in [0, 0.05) is 25.2 Å². The number of aromatic nitrogens is 2. The highest BCUT2D eigenvalue weighted by Gasteiger charge is 2.44. The number of amides is 2. The minimum Gasteiger partial charge on any atom is -0.481 e. The molecule has 1 aromatic heterocycles. The molecule has 2 atom stereocenters. The molecule has 2 saturated heterocycles. The number of ether oxygens (including phenoxy) is 1. The van der Waals surface area contributed by atoms with Gasteiger partial charge in [0.2, 0.25) is 0 Å². The highest BCUT2D eigenvalue weighted by atomic mass is 19.4. The first-order valence-electron chi connectivity index (χ1n) is 12.8. The van der Waals surface area contributed by atoms with Crippen LogP contribution in [0.5, 0.6) is 0 Å². The molecule has 0 saturated carbocycles. The lowest BCUT2D eigenvalue weighted by atomic mass is 9.78. The van der Waals surface area contributed by atoms with E-state index >= 15 is 0 Å². The summed E-state index contributed by atoms with van der Waals surface area (Å²) in [6, 6.07) is 5.90. The fourth-order valence-electron chi connectivity index (χ4n) is 5.80. The van der Waals surface area contributed by atoms with Gasteiger partial charge in [-0.3, -0.25) is 14.3 Å². The van der Waals surface area contributed by atoms with Gasteiger partial charge in [-0.1, -0.05) is 12.1 Å². The van der Waals surface area contributed by atoms with Gasteiger partial charge < -0.3 is 19.6 Å². The van der Waals surface area contributed by atoms with Crippen LogP contribution in [-0.4, -0.2) is 61.3 Å². The normalized spacial score (nSPS) is 23.4. The smallest absolute Gasteiger partial charge is 0.416 e. The quantitative estimate of drug-likeness (QED) is 0.627. The van der Waals surface area contributed by atoms with Gasteiger partial charge in [-0.25, -0.2) is 4.79 Å². The Morgan fingerprint density at radius 1 is 1.03 bits per heavy atom. The lowest BCUT2D eigenvalue weighted by molar-refractivity contribution is -0.145. The lowest BCUT2D eigenvalue weighted by Gasteiger charge is -2.47. The average Bonchev–Trinajstić information content (AvgIpc) is 3.17. The van der Waals surface area contributed by atoms with Crippen LogP contribution in [0, 0.1) is 5.92 Å². The van der Waals surface area contributed by atoms with E-state index < -0.39 is 29.7 Å². The fraction of sp³-hybridized carbons (Fsp3) is 0.538. The lowest BCUT2D eigenvalue weighted by Crippen LogP contribution is -2.55. The van der Waals surface area contributed by atoms with Crippen molar-refractivity contribution < 1.29 is 37.4 Å². The maximum Gasteiger partial charge on any atom is 0.416 e. The summed E-state index contributed by atoms with van der Waals surface area (Å²) in [7, 11) is 0. The van der Waals surface area contributed by atoms with E-state index in [4.69, 9.17) is 4.74 Å². The zero-order chi connectivity index (χ0) is 27.0. The van der Waals surface area contributed by atoms with E-state index in [9.17, 15) is 32.7 Å². The number of halogens is 3. The Hall–Kier alpha value is -3.57. The molecule has 204 valence electrons. The van der Waals surface area contributed by atoms with Crippen LogP contribution in [0.1, 0.15) is 65.8 Å². The van der Waals surface area contributed by atoms with Gasteiger partial charge >= 0.3 is 18.2 Å². The van der Waals surface area contributed by atoms with Crippen LogP contribution in [0.15, 0.2) is 30.3 Å². The third-order valence-corrected chi connectivity index (χ3v) is 7.69. The first-order chi connectivity index (χ1) is 18.1. The Labute approximate surface area is 217 Å². The second-order valence-corrected chi connectivity index (χ2v) is 10.2. The molecule has 4 heterocycles. The number of hydrogen-bond donors (Lipinski definition) is 1. The third kappa shape index (κ3) is 5.34. The SMILES string of the molecule is O=C(O)C1CC2CCCC(C1)N2C(=O)c1cc2n(n1)CCCN(C(=O)OCc1ccc(C(F)(F)F)cc1)C2. The molecule has 2 amide bonds. The summed E-state index contributed by atoms with van der Waals surface area (Å²) in [5, 5.41) is 14.0. The Bertz CT molecular complexity index is 1200. The molecule has 0 aliphatic carbocycles. The van der Waals surface area contributed by atoms with Gasteiger partial charge in [0.15, 0.2) is 5.69 Å². The van der Waals surface area contributed by atoms with Crippen LogP contribution in [0.3, 0.4) is 0 Å². The summed E-state index contributed by atoms with van der Waals surface area (Å²) in [5.74, 6) is -1.45. The Morgan fingerprint density at radius 2 is 1.71 bits per heavy atom. The number of fused-ring (bicyclic) bond motifs is 3. The molecular formula is C26H29F3N4O5. The summed E-state index contributed by atoms with van der Waals surface area (Å²) in [5.41, 5.74) is 0.637. The average molecular weight is 535 g/mol. The molecule has 3 aliphatic rings. The Balaban J connectivity index is 1.23. The summed E-state index contributed by atoms with van der Waals surface area (Å²) >= 11 is 0. The summed E-state index contributed by atoms with van der Waals surface area (Å²) in [6.45, 7) is 0.941. The minimum absolute atomic E-state index is 0.116. The molecular weight excluding hydrogens is 505 g/mol. The second kappa shape index (κ2) is 10.3. The second-order valence-electron chi connectivity index (χ2n) is 10.2. The van der Waals surface area contributed by atoms with Crippen molar-refractivity contribution in [3.8, 4) is 0 Å². The van der Waals surface area contributed by atoms with E-state index in [1.807, 2.05) is 4.90 Å². The zero-order valence-corrected chi connectivity index (χ0v) is 20.7. The van der Waals surface area contributed by atoms with Crippen molar-refractivity contribution in [2.45, 2.75) is 76.5 Å². The van der Waals surface area contributed by atoms with Crippen LogP contribution >= 0.6 is 0 Å². The Morgan fingerprint density at radius 3 is 2.34 bits per heavy atom. The molecule has 2 aromatic rings. The molecule has 12 heteroatoms. The molecule has 9 nitrogen and oxygen atoms in total. The van der Waals surface area contributed by atoms with E-state index in [1.165, 1.54) is 17.0 Å². The number of benzene rings is 1. The van der Waals surface area contributed by atoms with E-state index in [0.29, 0.717) is 43.6 Å². The van der Waals surface area contributed by atoms with Gasteiger partial charge in [0.25, 0.3) is 5.91 Å². The number of carbonyl (C=O) groups is 3. The van der Waals surface area contributed by atoms with Crippen LogP contribution in [0.4, 0.5) is 18.0 Å². The third-order valence-electron chi connectivity index (χ3n) is 7.69. The van der Waals surface area contributed by atoms with Crippen molar-refractivity contribution in [2.75, 3.05) is 6.54 Å². The zero-order valence-electron chi connectivity index (χ0n) is 20.7. The van der Waals surface area contributed by atoms with Gasteiger partial charge in [-0.2, -0.15) is 18.3 Å². The molecule has 0 spiro atoms. The van der Waals surface area contributed by atoms with Crippen LogP contribution in [0.25, 0.3) is 0 Å². The number of carboxylic acids is 1.